The number of halogens is 1. The lowest BCUT2D eigenvalue weighted by molar-refractivity contribution is 0.614. The van der Waals surface area contributed by atoms with Crippen molar-refractivity contribution >= 4 is 5.69 Å². The summed E-state index contributed by atoms with van der Waals surface area (Å²) in [5.41, 5.74) is 4.75. The highest BCUT2D eigenvalue weighted by atomic mass is 19.1. The third-order valence-electron chi connectivity index (χ3n) is 6.79. The first kappa shape index (κ1) is 21.4. The Bertz CT molecular complexity index is 1280. The number of nitriles is 1. The molecule has 33 heavy (non-hydrogen) atoms. The number of pyridine rings is 1. The van der Waals surface area contributed by atoms with E-state index in [9.17, 15) is 9.18 Å². The van der Waals surface area contributed by atoms with Crippen LogP contribution in [0.5, 0.6) is 0 Å². The maximum absolute atomic E-state index is 14.5. The molecule has 0 radical (unpaired) electrons. The minimum Gasteiger partial charge on any atom is -0.380 e. The molecule has 1 aliphatic heterocycles. The molecule has 2 aromatic carbocycles. The van der Waals surface area contributed by atoms with E-state index < -0.39 is 5.82 Å². The summed E-state index contributed by atoms with van der Waals surface area (Å²) in [4.78, 5) is 13.3. The molecular weight excluding hydrogens is 415 g/mol. The number of nitrogens with zero attached hydrogens (tertiary/aromatic N) is 2. The fourth-order valence-electron chi connectivity index (χ4n) is 4.68. The van der Waals surface area contributed by atoms with E-state index in [-0.39, 0.29) is 11.1 Å². The number of hydrogen-bond acceptors (Lipinski definition) is 4. The molecule has 3 aromatic rings. The molecule has 0 spiro atoms. The zero-order chi connectivity index (χ0) is 22.9. The van der Waals surface area contributed by atoms with Crippen molar-refractivity contribution in [1.82, 2.24) is 9.88 Å². The molecule has 2 N–H and O–H groups in total. The first-order chi connectivity index (χ1) is 16.0. The van der Waals surface area contributed by atoms with Crippen LogP contribution in [0.3, 0.4) is 0 Å². The number of aromatic nitrogens is 1. The van der Waals surface area contributed by atoms with Crippen molar-refractivity contribution < 1.29 is 4.39 Å². The summed E-state index contributed by atoms with van der Waals surface area (Å²) in [5, 5.41) is 15.8. The molecule has 2 heterocycles. The quantitative estimate of drug-likeness (QED) is 0.584. The Kier molecular flexibility index (Phi) is 5.74. The average Bonchev–Trinajstić information content (AvgIpc) is 3.55. The number of rotatable bonds is 6. The lowest BCUT2D eigenvalue weighted by Gasteiger charge is -2.19. The van der Waals surface area contributed by atoms with Gasteiger partial charge in [0.2, 0.25) is 0 Å². The van der Waals surface area contributed by atoms with Gasteiger partial charge >= 0.3 is 0 Å². The van der Waals surface area contributed by atoms with Gasteiger partial charge in [0, 0.05) is 19.2 Å². The Balaban J connectivity index is 1.61. The monoisotopic (exact) mass is 442 g/mol. The molecule has 2 aliphatic rings. The Morgan fingerprint density at radius 1 is 1.12 bits per heavy atom. The Morgan fingerprint density at radius 3 is 2.52 bits per heavy atom. The van der Waals surface area contributed by atoms with Gasteiger partial charge in [-0.15, -0.1) is 0 Å². The van der Waals surface area contributed by atoms with Gasteiger partial charge in [0.25, 0.3) is 5.56 Å². The lowest BCUT2D eigenvalue weighted by Crippen LogP contribution is -2.26. The van der Waals surface area contributed by atoms with Crippen LogP contribution in [0.15, 0.2) is 53.3 Å². The first-order valence-corrected chi connectivity index (χ1v) is 11.5. The highest BCUT2D eigenvalue weighted by Gasteiger charge is 2.24. The zero-order valence-electron chi connectivity index (χ0n) is 18.7. The summed E-state index contributed by atoms with van der Waals surface area (Å²) in [5.74, 6) is 0.553. The predicted octanol–water partition coefficient (Wildman–Crippen LogP) is 4.63. The molecule has 6 heteroatoms. The van der Waals surface area contributed by atoms with Crippen LogP contribution in [0.25, 0.3) is 22.4 Å². The van der Waals surface area contributed by atoms with Crippen LogP contribution in [-0.2, 0) is 7.05 Å². The molecule has 1 unspecified atom stereocenters. The largest absolute Gasteiger partial charge is 0.380 e. The molecule has 168 valence electrons. The SMILES string of the molecule is Cn1c(-c2ccc(C3CC3)cc2)c(-c2ccc(C#N)c(F)c2)cc(NCC2CCNC2)c1=O. The normalized spacial score (nSPS) is 17.7. The summed E-state index contributed by atoms with van der Waals surface area (Å²) in [6.07, 6.45) is 3.53. The Hall–Kier alpha value is -3.43. The molecule has 5 nitrogen and oxygen atoms in total. The summed E-state index contributed by atoms with van der Waals surface area (Å²) in [6.45, 7) is 2.64. The van der Waals surface area contributed by atoms with Gasteiger partial charge in [0.15, 0.2) is 0 Å². The van der Waals surface area contributed by atoms with E-state index >= 15 is 0 Å². The lowest BCUT2D eigenvalue weighted by atomic mass is 9.96. The second-order valence-corrected chi connectivity index (χ2v) is 9.13. The third-order valence-corrected chi connectivity index (χ3v) is 6.79. The molecule has 5 rings (SSSR count). The van der Waals surface area contributed by atoms with Gasteiger partial charge < -0.3 is 15.2 Å². The van der Waals surface area contributed by atoms with Crippen molar-refractivity contribution in [2.45, 2.75) is 25.2 Å². The van der Waals surface area contributed by atoms with Gasteiger partial charge in [-0.1, -0.05) is 30.3 Å². The number of nitrogens with one attached hydrogen (secondary N) is 2. The van der Waals surface area contributed by atoms with Crippen LogP contribution in [-0.4, -0.2) is 24.2 Å². The molecule has 0 amide bonds. The van der Waals surface area contributed by atoms with Crippen LogP contribution >= 0.6 is 0 Å². The van der Waals surface area contributed by atoms with Gasteiger partial charge in [-0.05, 0) is 79.1 Å². The summed E-state index contributed by atoms with van der Waals surface area (Å²) in [6, 6.07) is 16.7. The van der Waals surface area contributed by atoms with Crippen LogP contribution < -0.4 is 16.2 Å². The molecule has 1 aromatic heterocycles. The van der Waals surface area contributed by atoms with E-state index in [0.717, 1.165) is 36.3 Å². The van der Waals surface area contributed by atoms with Crippen molar-refractivity contribution in [3.8, 4) is 28.5 Å². The molecule has 1 saturated carbocycles. The Morgan fingerprint density at radius 2 is 1.88 bits per heavy atom. The maximum atomic E-state index is 14.5. The van der Waals surface area contributed by atoms with E-state index in [2.05, 4.69) is 22.8 Å². The number of benzene rings is 2. The number of anilines is 1. The van der Waals surface area contributed by atoms with E-state index in [1.54, 1.807) is 17.7 Å². The minimum atomic E-state index is -0.564. The van der Waals surface area contributed by atoms with E-state index in [1.165, 1.54) is 30.5 Å². The van der Waals surface area contributed by atoms with Crippen LogP contribution in [0.1, 0.15) is 36.3 Å². The molecule has 2 fully saturated rings. The van der Waals surface area contributed by atoms with Crippen LogP contribution in [0, 0.1) is 23.1 Å². The Labute approximate surface area is 192 Å². The van der Waals surface area contributed by atoms with Crippen LogP contribution in [0.2, 0.25) is 0 Å². The van der Waals surface area contributed by atoms with E-state index in [4.69, 9.17) is 5.26 Å². The van der Waals surface area contributed by atoms with Gasteiger partial charge in [-0.2, -0.15) is 5.26 Å². The second-order valence-electron chi connectivity index (χ2n) is 9.13. The smallest absolute Gasteiger partial charge is 0.274 e. The van der Waals surface area contributed by atoms with Gasteiger partial charge in [-0.3, -0.25) is 4.79 Å². The minimum absolute atomic E-state index is 0.00554. The van der Waals surface area contributed by atoms with E-state index in [1.807, 2.05) is 24.3 Å². The van der Waals surface area contributed by atoms with Crippen molar-refractivity contribution in [3.63, 3.8) is 0 Å². The summed E-state index contributed by atoms with van der Waals surface area (Å²) < 4.78 is 16.2. The van der Waals surface area contributed by atoms with E-state index in [0.29, 0.717) is 29.6 Å². The van der Waals surface area contributed by atoms with Crippen molar-refractivity contribution in [2.24, 2.45) is 13.0 Å². The second kappa shape index (κ2) is 8.84. The zero-order valence-corrected chi connectivity index (χ0v) is 18.7. The predicted molar refractivity (Wildman–Crippen MR) is 129 cm³/mol. The molecule has 1 saturated heterocycles. The third kappa shape index (κ3) is 4.29. The average molecular weight is 443 g/mol. The number of hydrogen-bond donors (Lipinski definition) is 2. The summed E-state index contributed by atoms with van der Waals surface area (Å²) in [7, 11) is 1.76. The maximum Gasteiger partial charge on any atom is 0.274 e. The van der Waals surface area contributed by atoms with Gasteiger partial charge in [0.1, 0.15) is 17.6 Å². The fraction of sp³-hybridized carbons (Fsp3) is 0.333. The van der Waals surface area contributed by atoms with Crippen LogP contribution in [0.4, 0.5) is 10.1 Å². The molecule has 1 atom stereocenters. The standard InChI is InChI=1S/C27H27FN4O/c1-32-26(20-6-4-19(5-7-20)18-2-3-18)23(21-8-9-22(14-29)24(28)12-21)13-25(27(32)33)31-16-17-10-11-30-15-17/h4-9,12-13,17-18,30-31H,2-3,10-11,15-16H2,1H3. The first-order valence-electron chi connectivity index (χ1n) is 11.5. The highest BCUT2D eigenvalue weighted by molar-refractivity contribution is 5.83. The van der Waals surface area contributed by atoms with Gasteiger partial charge in [-0.25, -0.2) is 4.39 Å². The van der Waals surface area contributed by atoms with Crippen molar-refractivity contribution in [2.75, 3.05) is 25.0 Å². The van der Waals surface area contributed by atoms with Crippen molar-refractivity contribution in [3.05, 3.63) is 75.8 Å². The van der Waals surface area contributed by atoms with Gasteiger partial charge in [0.05, 0.1) is 11.3 Å². The molecule has 1 aliphatic carbocycles. The topological polar surface area (TPSA) is 69.8 Å². The highest BCUT2D eigenvalue weighted by Crippen LogP contribution is 2.41. The molecule has 0 bridgehead atoms. The summed E-state index contributed by atoms with van der Waals surface area (Å²) >= 11 is 0. The molecular formula is C27H27FN4O. The fourth-order valence-corrected chi connectivity index (χ4v) is 4.68. The van der Waals surface area contributed by atoms with Crippen molar-refractivity contribution in [1.29, 1.82) is 5.26 Å².